The number of nitrogens with one attached hydrogen (secondary N) is 1. The molecule has 1 N–H and O–H groups in total. The van der Waals surface area contributed by atoms with Crippen molar-refractivity contribution >= 4 is 12.1 Å². The molecule has 120 valence electrons. The molecule has 0 aromatic rings. The van der Waals surface area contributed by atoms with Crippen LogP contribution in [0.25, 0.3) is 0 Å². The van der Waals surface area contributed by atoms with E-state index < -0.39 is 0 Å². The SMILES string of the molecule is CCOC(=O)NC1CC(CC2CC2)CN(CC(=O)OC)C1. The monoisotopic (exact) mass is 298 g/mol. The zero-order valence-corrected chi connectivity index (χ0v) is 13.0. The van der Waals surface area contributed by atoms with Gasteiger partial charge < -0.3 is 14.8 Å². The second-order valence-electron chi connectivity index (χ2n) is 6.11. The van der Waals surface area contributed by atoms with Gasteiger partial charge in [-0.15, -0.1) is 0 Å². The van der Waals surface area contributed by atoms with Crippen LogP contribution in [0.1, 0.15) is 32.6 Å². The van der Waals surface area contributed by atoms with E-state index in [1.165, 1.54) is 26.4 Å². The highest BCUT2D eigenvalue weighted by Gasteiger charge is 2.33. The predicted molar refractivity (Wildman–Crippen MR) is 77.8 cm³/mol. The molecule has 2 aliphatic rings. The summed E-state index contributed by atoms with van der Waals surface area (Å²) in [5, 5.41) is 2.91. The van der Waals surface area contributed by atoms with Gasteiger partial charge in [0.25, 0.3) is 0 Å². The number of carbonyl (C=O) groups is 2. The van der Waals surface area contributed by atoms with Gasteiger partial charge in [0.05, 0.1) is 20.3 Å². The first-order valence-electron chi connectivity index (χ1n) is 7.83. The number of nitrogens with zero attached hydrogens (tertiary/aromatic N) is 1. The largest absolute Gasteiger partial charge is 0.468 e. The third kappa shape index (κ3) is 5.53. The number of piperidine rings is 1. The molecule has 6 heteroatoms. The average molecular weight is 298 g/mol. The minimum atomic E-state index is -0.368. The van der Waals surface area contributed by atoms with E-state index in [1.54, 1.807) is 6.92 Å². The molecule has 0 aromatic carbocycles. The highest BCUT2D eigenvalue weighted by atomic mass is 16.5. The normalized spacial score (nSPS) is 26.2. The molecular formula is C15H26N2O4. The third-order valence-corrected chi connectivity index (χ3v) is 4.15. The number of alkyl carbamates (subject to hydrolysis) is 1. The van der Waals surface area contributed by atoms with Crippen molar-refractivity contribution in [1.82, 2.24) is 10.2 Å². The summed E-state index contributed by atoms with van der Waals surface area (Å²) < 4.78 is 9.69. The molecule has 1 heterocycles. The van der Waals surface area contributed by atoms with E-state index in [2.05, 4.69) is 10.2 Å². The molecule has 1 saturated carbocycles. The average Bonchev–Trinajstić information content (AvgIpc) is 3.22. The fraction of sp³-hybridized carbons (Fsp3) is 0.867. The minimum absolute atomic E-state index is 0.0474. The lowest BCUT2D eigenvalue weighted by Crippen LogP contribution is -2.52. The van der Waals surface area contributed by atoms with Crippen molar-refractivity contribution in [3.05, 3.63) is 0 Å². The van der Waals surface area contributed by atoms with Crippen LogP contribution in [0.3, 0.4) is 0 Å². The number of ether oxygens (including phenoxy) is 2. The Morgan fingerprint density at radius 1 is 1.24 bits per heavy atom. The standard InChI is InChI=1S/C15H26N2O4/c1-3-21-15(19)16-13-7-12(6-11-4-5-11)8-17(9-13)10-14(18)20-2/h11-13H,3-10H2,1-2H3,(H,16,19). The van der Waals surface area contributed by atoms with Gasteiger partial charge in [0, 0.05) is 19.1 Å². The van der Waals surface area contributed by atoms with Crippen molar-refractivity contribution < 1.29 is 19.1 Å². The van der Waals surface area contributed by atoms with E-state index in [0.717, 1.165) is 18.9 Å². The van der Waals surface area contributed by atoms with E-state index in [9.17, 15) is 9.59 Å². The van der Waals surface area contributed by atoms with Crippen LogP contribution in [0.5, 0.6) is 0 Å². The van der Waals surface area contributed by atoms with Gasteiger partial charge in [0.2, 0.25) is 0 Å². The lowest BCUT2D eigenvalue weighted by molar-refractivity contribution is -0.142. The zero-order valence-electron chi connectivity index (χ0n) is 13.0. The van der Waals surface area contributed by atoms with E-state index in [0.29, 0.717) is 25.6 Å². The van der Waals surface area contributed by atoms with Gasteiger partial charge in [-0.3, -0.25) is 9.69 Å². The van der Waals surface area contributed by atoms with Crippen LogP contribution in [0.2, 0.25) is 0 Å². The number of hydrogen-bond donors (Lipinski definition) is 1. The molecule has 6 nitrogen and oxygen atoms in total. The van der Waals surface area contributed by atoms with E-state index in [-0.39, 0.29) is 18.1 Å². The Kier molecular flexibility index (Phi) is 5.85. The number of methoxy groups -OCH3 is 1. The molecule has 1 saturated heterocycles. The zero-order chi connectivity index (χ0) is 15.2. The van der Waals surface area contributed by atoms with Crippen LogP contribution in [0.15, 0.2) is 0 Å². The lowest BCUT2D eigenvalue weighted by atomic mass is 9.90. The second kappa shape index (κ2) is 7.64. The van der Waals surface area contributed by atoms with Crippen LogP contribution in [-0.2, 0) is 14.3 Å². The Bertz CT molecular complexity index is 371. The maximum Gasteiger partial charge on any atom is 0.407 e. The molecule has 2 fully saturated rings. The summed E-state index contributed by atoms with van der Waals surface area (Å²) in [6.45, 7) is 4.04. The highest BCUT2D eigenvalue weighted by Crippen LogP contribution is 2.37. The quantitative estimate of drug-likeness (QED) is 0.751. The van der Waals surface area contributed by atoms with Gasteiger partial charge in [0.15, 0.2) is 0 Å². The summed E-state index contributed by atoms with van der Waals surface area (Å²) in [6.07, 6.45) is 4.44. The molecule has 0 aromatic heterocycles. The van der Waals surface area contributed by atoms with Gasteiger partial charge in [-0.05, 0) is 31.6 Å². The Hall–Kier alpha value is -1.30. The summed E-state index contributed by atoms with van der Waals surface area (Å²) in [5.74, 6) is 1.15. The number of esters is 1. The fourth-order valence-electron chi connectivity index (χ4n) is 3.12. The van der Waals surface area contributed by atoms with Crippen molar-refractivity contribution in [3.63, 3.8) is 0 Å². The maximum atomic E-state index is 11.6. The molecule has 0 radical (unpaired) electrons. The van der Waals surface area contributed by atoms with E-state index >= 15 is 0 Å². The molecule has 2 atom stereocenters. The molecule has 1 aliphatic carbocycles. The molecule has 21 heavy (non-hydrogen) atoms. The van der Waals surface area contributed by atoms with Crippen LogP contribution in [0, 0.1) is 11.8 Å². The van der Waals surface area contributed by atoms with Gasteiger partial charge in [-0.2, -0.15) is 0 Å². The molecule has 1 amide bonds. The lowest BCUT2D eigenvalue weighted by Gasteiger charge is -2.37. The van der Waals surface area contributed by atoms with E-state index in [1.807, 2.05) is 0 Å². The fourth-order valence-corrected chi connectivity index (χ4v) is 3.12. The number of carbonyl (C=O) groups excluding carboxylic acids is 2. The number of hydrogen-bond acceptors (Lipinski definition) is 5. The Morgan fingerprint density at radius 2 is 2.00 bits per heavy atom. The molecule has 1 aliphatic heterocycles. The molecule has 0 bridgehead atoms. The van der Waals surface area contributed by atoms with Gasteiger partial charge in [0.1, 0.15) is 0 Å². The van der Waals surface area contributed by atoms with Gasteiger partial charge >= 0.3 is 12.1 Å². The van der Waals surface area contributed by atoms with Crippen molar-refractivity contribution in [3.8, 4) is 0 Å². The van der Waals surface area contributed by atoms with E-state index in [4.69, 9.17) is 9.47 Å². The van der Waals surface area contributed by atoms with Gasteiger partial charge in [-0.25, -0.2) is 4.79 Å². The summed E-state index contributed by atoms with van der Waals surface area (Å²) in [7, 11) is 1.41. The van der Waals surface area contributed by atoms with Crippen molar-refractivity contribution in [1.29, 1.82) is 0 Å². The van der Waals surface area contributed by atoms with Gasteiger partial charge in [-0.1, -0.05) is 12.8 Å². The first-order valence-corrected chi connectivity index (χ1v) is 7.83. The summed E-state index contributed by atoms with van der Waals surface area (Å²) in [4.78, 5) is 25.2. The maximum absolute atomic E-state index is 11.6. The molecule has 2 unspecified atom stereocenters. The number of amides is 1. The van der Waals surface area contributed by atoms with Crippen molar-refractivity contribution in [2.24, 2.45) is 11.8 Å². The van der Waals surface area contributed by atoms with Crippen LogP contribution in [-0.4, -0.2) is 56.4 Å². The van der Waals surface area contributed by atoms with Crippen molar-refractivity contribution in [2.75, 3.05) is 33.4 Å². The Balaban J connectivity index is 1.88. The minimum Gasteiger partial charge on any atom is -0.468 e. The van der Waals surface area contributed by atoms with Crippen molar-refractivity contribution in [2.45, 2.75) is 38.6 Å². The first kappa shape index (κ1) is 16.1. The summed E-state index contributed by atoms with van der Waals surface area (Å²) >= 11 is 0. The Morgan fingerprint density at radius 3 is 2.62 bits per heavy atom. The van der Waals surface area contributed by atoms with Crippen LogP contribution < -0.4 is 5.32 Å². The smallest absolute Gasteiger partial charge is 0.407 e. The first-order chi connectivity index (χ1) is 10.1. The molecule has 0 spiro atoms. The topological polar surface area (TPSA) is 67.9 Å². The Labute approximate surface area is 126 Å². The third-order valence-electron chi connectivity index (χ3n) is 4.15. The number of likely N-dealkylation sites (tertiary alicyclic amines) is 1. The second-order valence-corrected chi connectivity index (χ2v) is 6.11. The summed E-state index contributed by atoms with van der Waals surface area (Å²) in [6, 6.07) is 0.0474. The van der Waals surface area contributed by atoms with Crippen LogP contribution in [0.4, 0.5) is 4.79 Å². The molecular weight excluding hydrogens is 272 g/mol. The molecule has 2 rings (SSSR count). The predicted octanol–water partition coefficient (Wildman–Crippen LogP) is 1.40. The van der Waals surface area contributed by atoms with Crippen LogP contribution >= 0.6 is 0 Å². The number of rotatable bonds is 6. The highest BCUT2D eigenvalue weighted by molar-refractivity contribution is 5.71. The summed E-state index contributed by atoms with van der Waals surface area (Å²) in [5.41, 5.74) is 0.